The molecule has 1 heterocycles. The van der Waals surface area contributed by atoms with Crippen molar-refractivity contribution in [3.8, 4) is 6.19 Å². The van der Waals surface area contributed by atoms with Crippen LogP contribution in [0.2, 0.25) is 5.02 Å². The van der Waals surface area contributed by atoms with Crippen LogP contribution in [0.15, 0.2) is 24.3 Å². The molecule has 1 N–H and O–H groups in total. The van der Waals surface area contributed by atoms with Gasteiger partial charge in [0.1, 0.15) is 6.10 Å². The Kier molecular flexibility index (Phi) is 8.42. The number of nitrogens with one attached hydrogen (secondary N) is 1. The summed E-state index contributed by atoms with van der Waals surface area (Å²) in [4.78, 5) is 26.9. The highest BCUT2D eigenvalue weighted by atomic mass is 35.5. The molecule has 9 heteroatoms. The summed E-state index contributed by atoms with van der Waals surface area (Å²) in [6, 6.07) is 6.51. The van der Waals surface area contributed by atoms with Crippen LogP contribution in [0.1, 0.15) is 52.1 Å². The summed E-state index contributed by atoms with van der Waals surface area (Å²) in [6.45, 7) is 7.86. The molecule has 3 unspecified atom stereocenters. The van der Waals surface area contributed by atoms with E-state index in [1.807, 2.05) is 45.1 Å². The van der Waals surface area contributed by atoms with Crippen molar-refractivity contribution in [1.82, 2.24) is 10.2 Å². The molecule has 0 spiro atoms. The third kappa shape index (κ3) is 6.03. The van der Waals surface area contributed by atoms with E-state index in [2.05, 4.69) is 0 Å². The smallest absolute Gasteiger partial charge is 0.253 e. The molecular formula is C21H28ClN3O4S. The van der Waals surface area contributed by atoms with Gasteiger partial charge in [-0.15, -0.1) is 0 Å². The van der Waals surface area contributed by atoms with E-state index in [0.29, 0.717) is 17.2 Å². The van der Waals surface area contributed by atoms with E-state index in [9.17, 15) is 13.8 Å². The maximum Gasteiger partial charge on any atom is 0.253 e. The summed E-state index contributed by atoms with van der Waals surface area (Å²) in [5.41, 5.74) is 0.854. The van der Waals surface area contributed by atoms with Crippen LogP contribution in [0, 0.1) is 11.5 Å². The van der Waals surface area contributed by atoms with E-state index in [1.165, 1.54) is 0 Å². The van der Waals surface area contributed by atoms with Gasteiger partial charge >= 0.3 is 0 Å². The average Bonchev–Trinajstić information content (AvgIpc) is 2.68. The zero-order valence-corrected chi connectivity index (χ0v) is 19.3. The summed E-state index contributed by atoms with van der Waals surface area (Å²) in [5, 5.41) is 11.2. The number of halogens is 1. The normalized spacial score (nSPS) is 21.6. The lowest BCUT2D eigenvalue weighted by molar-refractivity contribution is -0.165. The average molecular weight is 454 g/mol. The first-order chi connectivity index (χ1) is 14.1. The summed E-state index contributed by atoms with van der Waals surface area (Å²) in [5.74, 6) is -0.591. The number of benzene rings is 1. The van der Waals surface area contributed by atoms with Gasteiger partial charge in [-0.05, 0) is 44.9 Å². The van der Waals surface area contributed by atoms with Gasteiger partial charge in [-0.3, -0.25) is 19.1 Å². The van der Waals surface area contributed by atoms with Gasteiger partial charge in [0.15, 0.2) is 6.19 Å². The number of nitriles is 1. The largest absolute Gasteiger partial charge is 0.365 e. The first kappa shape index (κ1) is 24.3. The second kappa shape index (κ2) is 10.4. The molecule has 2 amide bonds. The molecule has 30 heavy (non-hydrogen) atoms. The van der Waals surface area contributed by atoms with E-state index >= 15 is 0 Å². The number of amides is 2. The number of ether oxygens (including phenoxy) is 1. The Labute approximate surface area is 185 Å². The zero-order valence-electron chi connectivity index (χ0n) is 17.7. The van der Waals surface area contributed by atoms with Gasteiger partial charge in [0, 0.05) is 32.4 Å². The Balaban J connectivity index is 2.36. The minimum absolute atomic E-state index is 0.191. The standard InChI is InChI=1S/C21H28ClN3O4S/c1-5-16(12-30(28)21(2,3)4)25-17(14-6-8-15(22)9-7-14)11-29-18(20(25)27)10-19(26)24-13-23/h6-9,16-18H,5,10-12H2,1-4H3,(H,24,26)/t16?,17?,18-,30?/m0/s1. The lowest BCUT2D eigenvalue weighted by Crippen LogP contribution is -2.56. The van der Waals surface area contributed by atoms with E-state index in [0.717, 1.165) is 5.56 Å². The van der Waals surface area contributed by atoms with Crippen LogP contribution in [0.4, 0.5) is 0 Å². The van der Waals surface area contributed by atoms with Crippen LogP contribution >= 0.6 is 11.6 Å². The molecule has 7 nitrogen and oxygen atoms in total. The first-order valence-electron chi connectivity index (χ1n) is 9.84. The van der Waals surface area contributed by atoms with Crippen molar-refractivity contribution in [1.29, 1.82) is 5.26 Å². The van der Waals surface area contributed by atoms with Crippen molar-refractivity contribution < 1.29 is 18.5 Å². The van der Waals surface area contributed by atoms with Crippen molar-refractivity contribution in [3.63, 3.8) is 0 Å². The highest BCUT2D eigenvalue weighted by Crippen LogP contribution is 2.32. The maximum atomic E-state index is 13.4. The summed E-state index contributed by atoms with van der Waals surface area (Å²) in [7, 11) is -1.16. The van der Waals surface area contributed by atoms with Crippen LogP contribution < -0.4 is 5.32 Å². The summed E-state index contributed by atoms with van der Waals surface area (Å²) >= 11 is 6.01. The molecule has 0 aliphatic carbocycles. The highest BCUT2D eigenvalue weighted by molar-refractivity contribution is 7.86. The fourth-order valence-electron chi connectivity index (χ4n) is 3.30. The van der Waals surface area contributed by atoms with E-state index in [-0.39, 0.29) is 31.0 Å². The Bertz CT molecular complexity index is 832. The Morgan fingerprint density at radius 1 is 1.40 bits per heavy atom. The fraction of sp³-hybridized carbons (Fsp3) is 0.571. The van der Waals surface area contributed by atoms with Gasteiger partial charge in [-0.2, -0.15) is 5.26 Å². The van der Waals surface area contributed by atoms with Crippen LogP contribution in [0.5, 0.6) is 0 Å². The number of nitrogens with zero attached hydrogens (tertiary/aromatic N) is 2. The number of rotatable bonds is 7. The topological polar surface area (TPSA) is 99.5 Å². The van der Waals surface area contributed by atoms with Gasteiger partial charge in [0.05, 0.1) is 19.1 Å². The molecule has 0 aromatic heterocycles. The number of hydrogen-bond acceptors (Lipinski definition) is 5. The highest BCUT2D eigenvalue weighted by Gasteiger charge is 2.42. The molecule has 164 valence electrons. The third-order valence-corrected chi connectivity index (χ3v) is 7.34. The molecular weight excluding hydrogens is 426 g/mol. The molecule has 1 aromatic rings. The van der Waals surface area contributed by atoms with Crippen LogP contribution in [-0.4, -0.2) is 50.2 Å². The van der Waals surface area contributed by atoms with Gasteiger partial charge in [0.2, 0.25) is 5.91 Å². The van der Waals surface area contributed by atoms with Crippen LogP contribution in [0.3, 0.4) is 0 Å². The van der Waals surface area contributed by atoms with Crippen LogP contribution in [0.25, 0.3) is 0 Å². The molecule has 1 aromatic carbocycles. The second-order valence-corrected chi connectivity index (χ2v) is 10.9. The minimum Gasteiger partial charge on any atom is -0.365 e. The zero-order chi connectivity index (χ0) is 22.5. The van der Waals surface area contributed by atoms with Gasteiger partial charge in [0.25, 0.3) is 5.91 Å². The number of morpholine rings is 1. The van der Waals surface area contributed by atoms with E-state index in [4.69, 9.17) is 21.6 Å². The quantitative estimate of drug-likeness (QED) is 0.505. The van der Waals surface area contributed by atoms with Crippen LogP contribution in [-0.2, 0) is 25.1 Å². The summed E-state index contributed by atoms with van der Waals surface area (Å²) in [6.07, 6.45) is 0.945. The van der Waals surface area contributed by atoms with E-state index in [1.54, 1.807) is 23.2 Å². The lowest BCUT2D eigenvalue weighted by Gasteiger charge is -2.44. The number of hydrogen-bond donors (Lipinski definition) is 1. The van der Waals surface area contributed by atoms with Crippen molar-refractivity contribution >= 4 is 34.2 Å². The van der Waals surface area contributed by atoms with Crippen molar-refractivity contribution in [3.05, 3.63) is 34.9 Å². The molecule has 2 rings (SSSR count). The summed E-state index contributed by atoms with van der Waals surface area (Å²) < 4.78 is 18.2. The van der Waals surface area contributed by atoms with Crippen molar-refractivity contribution in [2.45, 2.75) is 63.5 Å². The fourth-order valence-corrected chi connectivity index (χ4v) is 4.67. The molecule has 0 bridgehead atoms. The number of carbonyl (C=O) groups excluding carboxylic acids is 2. The molecule has 0 radical (unpaired) electrons. The predicted octanol–water partition coefficient (Wildman–Crippen LogP) is 2.92. The molecule has 4 atom stereocenters. The third-order valence-electron chi connectivity index (χ3n) is 5.03. The molecule has 1 fully saturated rings. The Morgan fingerprint density at radius 2 is 2.03 bits per heavy atom. The molecule has 1 aliphatic heterocycles. The maximum absolute atomic E-state index is 13.4. The van der Waals surface area contributed by atoms with Gasteiger partial charge < -0.3 is 9.64 Å². The van der Waals surface area contributed by atoms with Gasteiger partial charge in [-0.25, -0.2) is 0 Å². The van der Waals surface area contributed by atoms with Crippen molar-refractivity contribution in [2.75, 3.05) is 12.4 Å². The monoisotopic (exact) mass is 453 g/mol. The first-order valence-corrected chi connectivity index (χ1v) is 11.5. The SMILES string of the molecule is CCC(CS(=O)C(C)(C)C)N1C(=O)[C@H](CC(=O)NC#N)OCC1c1ccc(Cl)cc1. The van der Waals surface area contributed by atoms with Gasteiger partial charge in [-0.1, -0.05) is 30.7 Å². The second-order valence-electron chi connectivity index (χ2n) is 8.19. The van der Waals surface area contributed by atoms with E-state index < -0.39 is 27.6 Å². The molecule has 1 saturated heterocycles. The minimum atomic E-state index is -1.16. The lowest BCUT2D eigenvalue weighted by atomic mass is 9.99. The predicted molar refractivity (Wildman–Crippen MR) is 116 cm³/mol. The number of carbonyl (C=O) groups is 2. The Hall–Kier alpha value is -1.95. The molecule has 1 aliphatic rings. The Morgan fingerprint density at radius 3 is 2.57 bits per heavy atom. The van der Waals surface area contributed by atoms with Crippen molar-refractivity contribution in [2.24, 2.45) is 0 Å². The molecule has 0 saturated carbocycles.